The number of amides is 2. The van der Waals surface area contributed by atoms with Gasteiger partial charge in [-0.3, -0.25) is 9.36 Å². The van der Waals surface area contributed by atoms with Gasteiger partial charge in [0.05, 0.1) is 12.3 Å². The summed E-state index contributed by atoms with van der Waals surface area (Å²) in [6.07, 6.45) is 3.84. The lowest BCUT2D eigenvalue weighted by molar-refractivity contribution is 0.233. The lowest BCUT2D eigenvalue weighted by Crippen LogP contribution is -2.30. The Kier molecular flexibility index (Phi) is 12.2. The summed E-state index contributed by atoms with van der Waals surface area (Å²) in [5.41, 5.74) is 11.1. The van der Waals surface area contributed by atoms with E-state index < -0.39 is 6.03 Å². The van der Waals surface area contributed by atoms with Crippen molar-refractivity contribution in [3.63, 3.8) is 0 Å². The third kappa shape index (κ3) is 7.52. The first-order valence-corrected chi connectivity index (χ1v) is 15.0. The van der Waals surface area contributed by atoms with Crippen LogP contribution in [0.5, 0.6) is 5.75 Å². The van der Waals surface area contributed by atoms with Gasteiger partial charge in [0.1, 0.15) is 17.1 Å². The molecule has 9 nitrogen and oxygen atoms in total. The van der Waals surface area contributed by atoms with Crippen molar-refractivity contribution in [2.75, 3.05) is 29.6 Å². The number of nitrogens with zero attached hydrogens (tertiary/aromatic N) is 2. The number of nitrogens with two attached hydrogens (primary N) is 1. The second-order valence-corrected chi connectivity index (χ2v) is 11.3. The normalized spacial score (nSPS) is 11.1. The Morgan fingerprint density at radius 3 is 2.45 bits per heavy atom. The van der Waals surface area contributed by atoms with Crippen LogP contribution in [0.4, 0.5) is 21.9 Å². The Balaban J connectivity index is 0.00000529. The molecule has 0 radical (unpaired) electrons. The molecule has 2 heterocycles. The Morgan fingerprint density at radius 1 is 1.02 bits per heavy atom. The van der Waals surface area contributed by atoms with E-state index in [9.17, 15) is 14.7 Å². The lowest BCUT2D eigenvalue weighted by Gasteiger charge is -2.23. The molecule has 0 fully saturated rings. The predicted molar refractivity (Wildman–Crippen MR) is 182 cm³/mol. The van der Waals surface area contributed by atoms with E-state index in [1.165, 1.54) is 0 Å². The minimum absolute atomic E-state index is 0. The van der Waals surface area contributed by atoms with Crippen molar-refractivity contribution in [3.05, 3.63) is 76.2 Å². The number of hydrogen-bond donors (Lipinski definition) is 4. The van der Waals surface area contributed by atoms with Gasteiger partial charge in [-0.1, -0.05) is 59.2 Å². The van der Waals surface area contributed by atoms with Gasteiger partial charge in [-0.15, -0.1) is 12.4 Å². The highest BCUT2D eigenvalue weighted by Crippen LogP contribution is 2.38. The molecule has 236 valence electrons. The molecule has 0 bridgehead atoms. The van der Waals surface area contributed by atoms with Crippen molar-refractivity contribution in [2.24, 2.45) is 0 Å². The van der Waals surface area contributed by atoms with Gasteiger partial charge in [-0.2, -0.15) is 0 Å². The van der Waals surface area contributed by atoms with E-state index in [0.29, 0.717) is 53.5 Å². The quantitative estimate of drug-likeness (QED) is 0.0955. The van der Waals surface area contributed by atoms with Gasteiger partial charge in [0.2, 0.25) is 0 Å². The van der Waals surface area contributed by atoms with E-state index in [1.54, 1.807) is 10.8 Å². The molecule has 4 rings (SSSR count). The number of unbranched alkanes of at least 4 members (excludes halogenated alkanes) is 1. The fourth-order valence-electron chi connectivity index (χ4n) is 5.37. The molecule has 2 aromatic carbocycles. The number of nitrogen functional groups attached to an aromatic ring is 1. The molecule has 0 aliphatic carbocycles. The number of pyridine rings is 2. The molecule has 4 aromatic rings. The Bertz CT molecular complexity index is 1650. The molecule has 2 amide bonds. The van der Waals surface area contributed by atoms with Crippen molar-refractivity contribution in [3.8, 4) is 16.9 Å². The minimum atomic E-state index is -0.534. The van der Waals surface area contributed by atoms with Crippen LogP contribution in [0.3, 0.4) is 0 Å². The molecule has 0 saturated heterocycles. The molecule has 10 heteroatoms. The second kappa shape index (κ2) is 15.6. The van der Waals surface area contributed by atoms with Gasteiger partial charge >= 0.3 is 6.03 Å². The molecular weight excluding hydrogens is 578 g/mol. The largest absolute Gasteiger partial charge is 0.493 e. The number of aryl methyl sites for hydroxylation is 1. The fraction of sp³-hybridized carbons (Fsp3) is 0.382. The zero-order valence-electron chi connectivity index (χ0n) is 26.1. The summed E-state index contributed by atoms with van der Waals surface area (Å²) in [5.74, 6) is 0.795. The first-order chi connectivity index (χ1) is 20.7. The van der Waals surface area contributed by atoms with Crippen LogP contribution in [-0.2, 0) is 6.54 Å². The molecule has 0 unspecified atom stereocenters. The number of urea groups is 1. The summed E-state index contributed by atoms with van der Waals surface area (Å²) < 4.78 is 7.48. The van der Waals surface area contributed by atoms with Gasteiger partial charge in [0.25, 0.3) is 5.56 Å². The topological polar surface area (TPSA) is 132 Å². The van der Waals surface area contributed by atoms with E-state index in [1.807, 2.05) is 62.4 Å². The van der Waals surface area contributed by atoms with Gasteiger partial charge in [-0.25, -0.2) is 9.78 Å². The molecule has 0 spiro atoms. The van der Waals surface area contributed by atoms with E-state index in [2.05, 4.69) is 36.4 Å². The number of aromatic nitrogens is 2. The summed E-state index contributed by atoms with van der Waals surface area (Å²) in [6.45, 7) is 11.1. The van der Waals surface area contributed by atoms with Crippen LogP contribution in [-0.4, -0.2) is 33.9 Å². The number of fused-ring (bicyclic) bond motifs is 1. The summed E-state index contributed by atoms with van der Waals surface area (Å²) in [5, 5.41) is 15.9. The number of anilines is 3. The molecule has 0 aliphatic heterocycles. The number of hydrogen-bond acceptors (Lipinski definition) is 6. The molecule has 0 aliphatic rings. The number of aliphatic hydroxyl groups is 1. The zero-order valence-corrected chi connectivity index (χ0v) is 27.0. The summed E-state index contributed by atoms with van der Waals surface area (Å²) in [7, 11) is 0. The third-order valence-electron chi connectivity index (χ3n) is 7.44. The van der Waals surface area contributed by atoms with E-state index in [-0.39, 0.29) is 42.1 Å². The molecule has 0 atom stereocenters. The van der Waals surface area contributed by atoms with Crippen LogP contribution >= 0.6 is 12.4 Å². The number of rotatable bonds is 12. The Morgan fingerprint density at radius 2 is 1.77 bits per heavy atom. The first kappa shape index (κ1) is 34.4. The van der Waals surface area contributed by atoms with Crippen LogP contribution in [0.2, 0.25) is 0 Å². The first-order valence-electron chi connectivity index (χ1n) is 15.0. The van der Waals surface area contributed by atoms with Gasteiger partial charge in [0, 0.05) is 48.0 Å². The molecule has 5 N–H and O–H groups in total. The van der Waals surface area contributed by atoms with Crippen molar-refractivity contribution in [1.29, 1.82) is 0 Å². The van der Waals surface area contributed by atoms with Gasteiger partial charge in [0.15, 0.2) is 0 Å². The maximum atomic E-state index is 14.2. The smallest absolute Gasteiger partial charge is 0.323 e. The average Bonchev–Trinajstić information content (AvgIpc) is 2.97. The molecule has 2 aromatic heterocycles. The highest BCUT2D eigenvalue weighted by molar-refractivity contribution is 6.08. The lowest BCUT2D eigenvalue weighted by atomic mass is 9.91. The van der Waals surface area contributed by atoms with Crippen molar-refractivity contribution >= 4 is 46.5 Å². The maximum absolute atomic E-state index is 14.2. The van der Waals surface area contributed by atoms with Gasteiger partial charge < -0.3 is 26.2 Å². The number of benzene rings is 2. The van der Waals surface area contributed by atoms with Crippen LogP contribution in [0.25, 0.3) is 22.2 Å². The number of carbonyl (C=O) groups excluding carboxylic acids is 1. The Hall–Kier alpha value is -4.08. The second-order valence-electron chi connectivity index (χ2n) is 11.3. The van der Waals surface area contributed by atoms with Crippen molar-refractivity contribution in [2.45, 2.75) is 72.3 Å². The highest BCUT2D eigenvalue weighted by Gasteiger charge is 2.23. The molecule has 44 heavy (non-hydrogen) atoms. The summed E-state index contributed by atoms with van der Waals surface area (Å²) >= 11 is 0. The van der Waals surface area contributed by atoms with E-state index in [0.717, 1.165) is 29.4 Å². The van der Waals surface area contributed by atoms with E-state index in [4.69, 9.17) is 10.5 Å². The van der Waals surface area contributed by atoms with Crippen LogP contribution < -0.4 is 26.7 Å². The van der Waals surface area contributed by atoms with E-state index >= 15 is 0 Å². The Labute approximate surface area is 265 Å². The standard InChI is InChI=1S/C34H43N5O4.ClH/c1-6-7-17-39-32-26(13-9-16-36-32)29(23-11-8-12-24(20-23)43-19-10-18-40)31(33(39)41)38-34(42)37-30-25(21(2)3)14-15-27(35)28(30)22(4)5;/h8-9,11-16,20-22,40H,6-7,10,17-19,35H2,1-5H3,(H2,37,38,42);1H. The van der Waals surface area contributed by atoms with Crippen LogP contribution in [0, 0.1) is 0 Å². The number of ether oxygens (including phenoxy) is 1. The summed E-state index contributed by atoms with van der Waals surface area (Å²) in [6, 6.07) is 14.4. The number of carbonyl (C=O) groups is 1. The third-order valence-corrected chi connectivity index (χ3v) is 7.44. The van der Waals surface area contributed by atoms with Crippen LogP contribution in [0.1, 0.15) is 76.8 Å². The van der Waals surface area contributed by atoms with Crippen LogP contribution in [0.15, 0.2) is 59.5 Å². The SMILES string of the molecule is CCCCn1c(=O)c(NC(=O)Nc2c(C(C)C)ccc(N)c2C(C)C)c(-c2cccc(OCCCO)c2)c2cccnc21.Cl. The maximum Gasteiger partial charge on any atom is 0.323 e. The average molecular weight is 622 g/mol. The predicted octanol–water partition coefficient (Wildman–Crippen LogP) is 7.52. The molecular formula is C34H44ClN5O4. The zero-order chi connectivity index (χ0) is 31.1. The minimum Gasteiger partial charge on any atom is -0.493 e. The summed E-state index contributed by atoms with van der Waals surface area (Å²) in [4.78, 5) is 32.6. The van der Waals surface area contributed by atoms with Crippen molar-refractivity contribution in [1.82, 2.24) is 9.55 Å². The van der Waals surface area contributed by atoms with Gasteiger partial charge in [-0.05, 0) is 59.7 Å². The number of aliphatic hydroxyl groups excluding tert-OH is 1. The van der Waals surface area contributed by atoms with Crippen molar-refractivity contribution < 1.29 is 14.6 Å². The highest BCUT2D eigenvalue weighted by atomic mass is 35.5. The fourth-order valence-corrected chi connectivity index (χ4v) is 5.37. The monoisotopic (exact) mass is 621 g/mol. The number of halogens is 1. The number of nitrogens with one attached hydrogen (secondary N) is 2. The molecule has 0 saturated carbocycles.